The molecule has 0 unspecified atom stereocenters. The van der Waals surface area contributed by atoms with Crippen LogP contribution in [-0.2, 0) is 0 Å². The quantitative estimate of drug-likeness (QED) is 0.852. The second kappa shape index (κ2) is 5.75. The summed E-state index contributed by atoms with van der Waals surface area (Å²) in [4.78, 5) is 13.4. The number of hydrogen-bond donors (Lipinski definition) is 0. The predicted octanol–water partition coefficient (Wildman–Crippen LogP) is 2.91. The third-order valence-corrected chi connectivity index (χ3v) is 4.35. The summed E-state index contributed by atoms with van der Waals surface area (Å²) >= 11 is 7.91. The predicted molar refractivity (Wildman–Crippen MR) is 80.4 cm³/mol. The topological polar surface area (TPSA) is 32.3 Å². The molecule has 0 aromatic carbocycles. The summed E-state index contributed by atoms with van der Waals surface area (Å²) < 4.78 is 0. The number of halogens is 1. The summed E-state index contributed by atoms with van der Waals surface area (Å²) in [5.41, 5.74) is 0. The Morgan fingerprint density at radius 1 is 1.05 bits per heavy atom. The molecule has 100 valence electrons. The van der Waals surface area contributed by atoms with E-state index in [9.17, 15) is 0 Å². The fourth-order valence-electron chi connectivity index (χ4n) is 2.30. The molecule has 3 heterocycles. The van der Waals surface area contributed by atoms with Gasteiger partial charge in [0.1, 0.15) is 5.82 Å². The standard InChI is InChI=1S/C13H15ClN4S/c14-11-3-1-4-15-12(11)17-6-2-7-18(9-8-17)13-16-5-10-19-13/h1,3-5,10H,2,6-9H2. The number of hydrogen-bond acceptors (Lipinski definition) is 5. The van der Waals surface area contributed by atoms with Crippen LogP contribution in [0.15, 0.2) is 29.9 Å². The highest BCUT2D eigenvalue weighted by molar-refractivity contribution is 7.13. The molecule has 1 aliphatic rings. The summed E-state index contributed by atoms with van der Waals surface area (Å²) in [7, 11) is 0. The van der Waals surface area contributed by atoms with Crippen LogP contribution in [0.5, 0.6) is 0 Å². The highest BCUT2D eigenvalue weighted by Crippen LogP contribution is 2.25. The van der Waals surface area contributed by atoms with Crippen molar-refractivity contribution in [2.45, 2.75) is 6.42 Å². The molecule has 0 aliphatic carbocycles. The summed E-state index contributed by atoms with van der Waals surface area (Å²) in [5, 5.41) is 3.85. The van der Waals surface area contributed by atoms with Crippen LogP contribution in [0.3, 0.4) is 0 Å². The van der Waals surface area contributed by atoms with Crippen molar-refractivity contribution >= 4 is 33.9 Å². The maximum Gasteiger partial charge on any atom is 0.185 e. The molecule has 2 aromatic heterocycles. The second-order valence-corrected chi connectivity index (χ2v) is 5.73. The zero-order valence-electron chi connectivity index (χ0n) is 10.5. The first-order chi connectivity index (χ1) is 9.34. The van der Waals surface area contributed by atoms with Gasteiger partial charge in [0.25, 0.3) is 0 Å². The van der Waals surface area contributed by atoms with E-state index >= 15 is 0 Å². The van der Waals surface area contributed by atoms with Gasteiger partial charge < -0.3 is 9.80 Å². The first-order valence-electron chi connectivity index (χ1n) is 6.34. The lowest BCUT2D eigenvalue weighted by atomic mass is 10.3. The van der Waals surface area contributed by atoms with Crippen LogP contribution in [0, 0.1) is 0 Å². The fraction of sp³-hybridized carbons (Fsp3) is 0.385. The Morgan fingerprint density at radius 2 is 1.89 bits per heavy atom. The van der Waals surface area contributed by atoms with Crippen LogP contribution < -0.4 is 9.80 Å². The molecule has 6 heteroatoms. The van der Waals surface area contributed by atoms with E-state index in [0.29, 0.717) is 0 Å². The van der Waals surface area contributed by atoms with Crippen molar-refractivity contribution in [3.05, 3.63) is 34.9 Å². The van der Waals surface area contributed by atoms with Gasteiger partial charge in [0, 0.05) is 44.0 Å². The van der Waals surface area contributed by atoms with Gasteiger partial charge in [-0.3, -0.25) is 0 Å². The van der Waals surface area contributed by atoms with Crippen LogP contribution in [0.25, 0.3) is 0 Å². The fourth-order valence-corrected chi connectivity index (χ4v) is 3.24. The monoisotopic (exact) mass is 294 g/mol. The number of nitrogens with zero attached hydrogens (tertiary/aromatic N) is 4. The number of thiazole rings is 1. The molecule has 0 amide bonds. The van der Waals surface area contributed by atoms with Crippen molar-refractivity contribution in [2.75, 3.05) is 36.0 Å². The smallest absolute Gasteiger partial charge is 0.185 e. The molecule has 19 heavy (non-hydrogen) atoms. The average molecular weight is 295 g/mol. The van der Waals surface area contributed by atoms with E-state index in [-0.39, 0.29) is 0 Å². The molecule has 0 N–H and O–H groups in total. The summed E-state index contributed by atoms with van der Waals surface area (Å²) in [6.45, 7) is 3.91. The molecular weight excluding hydrogens is 280 g/mol. The van der Waals surface area contributed by atoms with Crippen molar-refractivity contribution in [1.29, 1.82) is 0 Å². The molecule has 3 rings (SSSR count). The van der Waals surface area contributed by atoms with E-state index in [2.05, 4.69) is 19.8 Å². The van der Waals surface area contributed by atoms with Gasteiger partial charge >= 0.3 is 0 Å². The highest BCUT2D eigenvalue weighted by atomic mass is 35.5. The molecule has 1 aliphatic heterocycles. The number of rotatable bonds is 2. The zero-order valence-corrected chi connectivity index (χ0v) is 12.1. The van der Waals surface area contributed by atoms with Gasteiger partial charge in [-0.05, 0) is 18.6 Å². The Balaban J connectivity index is 1.73. The number of aromatic nitrogens is 2. The van der Waals surface area contributed by atoms with Crippen LogP contribution in [0.4, 0.5) is 10.9 Å². The number of anilines is 2. The van der Waals surface area contributed by atoms with E-state index in [0.717, 1.165) is 48.6 Å². The molecule has 4 nitrogen and oxygen atoms in total. The lowest BCUT2D eigenvalue weighted by molar-refractivity contribution is 0.797. The Bertz CT molecular complexity index is 531. The maximum atomic E-state index is 6.22. The van der Waals surface area contributed by atoms with Gasteiger partial charge in [-0.25, -0.2) is 9.97 Å². The lowest BCUT2D eigenvalue weighted by Gasteiger charge is -2.23. The van der Waals surface area contributed by atoms with E-state index < -0.39 is 0 Å². The molecule has 0 atom stereocenters. The van der Waals surface area contributed by atoms with Gasteiger partial charge in [0.15, 0.2) is 5.13 Å². The van der Waals surface area contributed by atoms with Crippen LogP contribution >= 0.6 is 22.9 Å². The van der Waals surface area contributed by atoms with Gasteiger partial charge in [-0.15, -0.1) is 11.3 Å². The van der Waals surface area contributed by atoms with Crippen LogP contribution in [-0.4, -0.2) is 36.1 Å². The van der Waals surface area contributed by atoms with E-state index in [1.807, 2.05) is 23.7 Å². The third-order valence-electron chi connectivity index (χ3n) is 3.22. The van der Waals surface area contributed by atoms with Crippen molar-refractivity contribution < 1.29 is 0 Å². The maximum absolute atomic E-state index is 6.22. The molecule has 0 spiro atoms. The highest BCUT2D eigenvalue weighted by Gasteiger charge is 2.18. The summed E-state index contributed by atoms with van der Waals surface area (Å²) in [6, 6.07) is 3.76. The van der Waals surface area contributed by atoms with E-state index in [4.69, 9.17) is 11.6 Å². The average Bonchev–Trinajstić information content (AvgIpc) is 2.85. The lowest BCUT2D eigenvalue weighted by Crippen LogP contribution is -2.31. The Kier molecular flexibility index (Phi) is 3.84. The molecule has 1 saturated heterocycles. The van der Waals surface area contributed by atoms with Gasteiger partial charge in [-0.1, -0.05) is 11.6 Å². The van der Waals surface area contributed by atoms with Crippen LogP contribution in [0.2, 0.25) is 5.02 Å². The van der Waals surface area contributed by atoms with Crippen molar-refractivity contribution in [3.8, 4) is 0 Å². The minimum atomic E-state index is 0.727. The van der Waals surface area contributed by atoms with E-state index in [1.165, 1.54) is 0 Å². The Hall–Kier alpha value is -1.33. The van der Waals surface area contributed by atoms with Gasteiger partial charge in [0.2, 0.25) is 0 Å². The third kappa shape index (κ3) is 2.82. The Labute approximate surface area is 121 Å². The summed E-state index contributed by atoms with van der Waals surface area (Å²) in [6.07, 6.45) is 4.75. The molecule has 0 bridgehead atoms. The molecule has 0 saturated carbocycles. The molecular formula is C13H15ClN4S. The van der Waals surface area contributed by atoms with Crippen molar-refractivity contribution in [2.24, 2.45) is 0 Å². The van der Waals surface area contributed by atoms with Crippen molar-refractivity contribution in [3.63, 3.8) is 0 Å². The van der Waals surface area contributed by atoms with Gasteiger partial charge in [0.05, 0.1) is 5.02 Å². The second-order valence-electron chi connectivity index (χ2n) is 4.45. The summed E-state index contributed by atoms with van der Waals surface area (Å²) in [5.74, 6) is 0.894. The van der Waals surface area contributed by atoms with Gasteiger partial charge in [-0.2, -0.15) is 0 Å². The van der Waals surface area contributed by atoms with Crippen LogP contribution in [0.1, 0.15) is 6.42 Å². The first kappa shape index (κ1) is 12.7. The zero-order chi connectivity index (χ0) is 13.1. The van der Waals surface area contributed by atoms with E-state index in [1.54, 1.807) is 17.5 Å². The molecule has 2 aromatic rings. The molecule has 1 fully saturated rings. The minimum Gasteiger partial charge on any atom is -0.354 e. The minimum absolute atomic E-state index is 0.727. The normalized spacial score (nSPS) is 16.5. The Morgan fingerprint density at radius 3 is 2.68 bits per heavy atom. The largest absolute Gasteiger partial charge is 0.354 e. The SMILES string of the molecule is Clc1cccnc1N1CCCN(c2nccs2)CC1. The van der Waals surface area contributed by atoms with Crippen molar-refractivity contribution in [1.82, 2.24) is 9.97 Å². The number of pyridine rings is 1. The first-order valence-corrected chi connectivity index (χ1v) is 7.60. The molecule has 0 radical (unpaired) electrons.